The maximum Gasteiger partial charge on any atom is 0.305 e. The van der Waals surface area contributed by atoms with Gasteiger partial charge in [-0.25, -0.2) is 0 Å². The molecule has 1 fully saturated rings. The van der Waals surface area contributed by atoms with Gasteiger partial charge < -0.3 is 9.64 Å². The van der Waals surface area contributed by atoms with Gasteiger partial charge in [0.15, 0.2) is 5.78 Å². The molecule has 5 nitrogen and oxygen atoms in total. The quantitative estimate of drug-likeness (QED) is 0.481. The van der Waals surface area contributed by atoms with Crippen molar-refractivity contribution >= 4 is 17.7 Å². The van der Waals surface area contributed by atoms with E-state index in [0.29, 0.717) is 26.0 Å². The molecule has 15 heavy (non-hydrogen) atoms. The number of carbonyl (C=O) groups excluding carboxylic acids is 3. The summed E-state index contributed by atoms with van der Waals surface area (Å²) in [7, 11) is 0. The second-order valence-electron chi connectivity index (χ2n) is 3.44. The number of esters is 1. The van der Waals surface area contributed by atoms with Crippen LogP contribution in [0.1, 0.15) is 26.2 Å². The van der Waals surface area contributed by atoms with Crippen LogP contribution in [0.15, 0.2) is 0 Å². The Bertz CT molecular complexity index is 275. The highest BCUT2D eigenvalue weighted by Crippen LogP contribution is 2.07. The van der Waals surface area contributed by atoms with Gasteiger partial charge in [0.05, 0.1) is 19.6 Å². The van der Waals surface area contributed by atoms with Crippen LogP contribution < -0.4 is 0 Å². The average Bonchev–Trinajstić information content (AvgIpc) is 2.46. The summed E-state index contributed by atoms with van der Waals surface area (Å²) in [5, 5.41) is 0. The molecule has 5 heteroatoms. The van der Waals surface area contributed by atoms with Gasteiger partial charge in [0, 0.05) is 13.0 Å². The third-order valence-corrected chi connectivity index (χ3v) is 2.18. The molecular weight excluding hydrogens is 198 g/mol. The molecule has 84 valence electrons. The predicted molar refractivity (Wildman–Crippen MR) is 52.1 cm³/mol. The first-order valence-electron chi connectivity index (χ1n) is 5.08. The highest BCUT2D eigenvalue weighted by Gasteiger charge is 2.26. The summed E-state index contributed by atoms with van der Waals surface area (Å²) in [6, 6.07) is 0. The van der Waals surface area contributed by atoms with Crippen molar-refractivity contribution in [1.29, 1.82) is 0 Å². The minimum absolute atomic E-state index is 0.0133. The SMILES string of the molecule is CCOC(=O)CCCN1CC(=O)CC1=O. The monoisotopic (exact) mass is 213 g/mol. The Morgan fingerprint density at radius 2 is 2.20 bits per heavy atom. The van der Waals surface area contributed by atoms with Crippen molar-refractivity contribution in [3.63, 3.8) is 0 Å². The molecule has 0 unspecified atom stereocenters. The summed E-state index contributed by atoms with van der Waals surface area (Å²) in [5.74, 6) is -0.435. The maximum absolute atomic E-state index is 11.2. The second kappa shape index (κ2) is 5.48. The lowest BCUT2D eigenvalue weighted by Gasteiger charge is -2.13. The van der Waals surface area contributed by atoms with Gasteiger partial charge in [-0.15, -0.1) is 0 Å². The Labute approximate surface area is 88.4 Å². The Morgan fingerprint density at radius 3 is 2.73 bits per heavy atom. The molecule has 0 aliphatic carbocycles. The van der Waals surface area contributed by atoms with Crippen LogP contribution in [0.25, 0.3) is 0 Å². The minimum Gasteiger partial charge on any atom is -0.466 e. The van der Waals surface area contributed by atoms with Gasteiger partial charge in [0.25, 0.3) is 0 Å². The standard InChI is InChI=1S/C10H15NO4/c1-2-15-10(14)4-3-5-11-7-8(12)6-9(11)13/h2-7H2,1H3. The number of rotatable bonds is 5. The lowest BCUT2D eigenvalue weighted by molar-refractivity contribution is -0.143. The molecule has 1 aliphatic heterocycles. The number of likely N-dealkylation sites (tertiary alicyclic amines) is 1. The molecule has 0 saturated carbocycles. The fraction of sp³-hybridized carbons (Fsp3) is 0.700. The molecule has 1 aliphatic rings. The molecule has 0 atom stereocenters. The van der Waals surface area contributed by atoms with Crippen LogP contribution in [0, 0.1) is 0 Å². The maximum atomic E-state index is 11.2. The zero-order chi connectivity index (χ0) is 11.3. The van der Waals surface area contributed by atoms with E-state index in [1.807, 2.05) is 0 Å². The van der Waals surface area contributed by atoms with E-state index in [2.05, 4.69) is 0 Å². The molecule has 0 aromatic heterocycles. The molecule has 0 spiro atoms. The molecule has 1 amide bonds. The Kier molecular flexibility index (Phi) is 4.27. The molecule has 0 radical (unpaired) electrons. The lowest BCUT2D eigenvalue weighted by atomic mass is 10.3. The summed E-state index contributed by atoms with van der Waals surface area (Å²) in [5.41, 5.74) is 0. The van der Waals surface area contributed by atoms with E-state index in [9.17, 15) is 14.4 Å². The number of hydrogen-bond donors (Lipinski definition) is 0. The fourth-order valence-electron chi connectivity index (χ4n) is 1.49. The van der Waals surface area contributed by atoms with Crippen LogP contribution >= 0.6 is 0 Å². The average molecular weight is 213 g/mol. The van der Waals surface area contributed by atoms with E-state index < -0.39 is 0 Å². The number of nitrogens with zero attached hydrogens (tertiary/aromatic N) is 1. The largest absolute Gasteiger partial charge is 0.466 e. The lowest BCUT2D eigenvalue weighted by Crippen LogP contribution is -2.26. The van der Waals surface area contributed by atoms with E-state index in [0.717, 1.165) is 0 Å². The fourth-order valence-corrected chi connectivity index (χ4v) is 1.49. The molecule has 0 aromatic carbocycles. The highest BCUT2D eigenvalue weighted by atomic mass is 16.5. The molecule has 0 N–H and O–H groups in total. The van der Waals surface area contributed by atoms with Gasteiger partial charge in [-0.05, 0) is 13.3 Å². The van der Waals surface area contributed by atoms with Crippen LogP contribution in [-0.2, 0) is 19.1 Å². The van der Waals surface area contributed by atoms with Crippen LogP contribution in [0.3, 0.4) is 0 Å². The van der Waals surface area contributed by atoms with Crippen molar-refractivity contribution in [1.82, 2.24) is 4.90 Å². The van der Waals surface area contributed by atoms with Crippen molar-refractivity contribution in [3.05, 3.63) is 0 Å². The summed E-state index contributed by atoms with van der Waals surface area (Å²) in [4.78, 5) is 34.5. The Balaban J connectivity index is 2.18. The van der Waals surface area contributed by atoms with Gasteiger partial charge in [-0.1, -0.05) is 0 Å². The number of ether oxygens (including phenoxy) is 1. The van der Waals surface area contributed by atoms with E-state index in [4.69, 9.17) is 4.74 Å². The number of carbonyl (C=O) groups is 3. The highest BCUT2D eigenvalue weighted by molar-refractivity contribution is 6.05. The first-order valence-corrected chi connectivity index (χ1v) is 5.08. The van der Waals surface area contributed by atoms with Gasteiger partial charge in [0.2, 0.25) is 5.91 Å². The third-order valence-electron chi connectivity index (χ3n) is 2.18. The van der Waals surface area contributed by atoms with E-state index in [1.54, 1.807) is 6.92 Å². The van der Waals surface area contributed by atoms with Crippen molar-refractivity contribution in [3.8, 4) is 0 Å². The van der Waals surface area contributed by atoms with Crippen molar-refractivity contribution in [2.45, 2.75) is 26.2 Å². The van der Waals surface area contributed by atoms with E-state index >= 15 is 0 Å². The van der Waals surface area contributed by atoms with E-state index in [1.165, 1.54) is 4.90 Å². The van der Waals surface area contributed by atoms with Gasteiger partial charge in [0.1, 0.15) is 0 Å². The van der Waals surface area contributed by atoms with Crippen LogP contribution in [-0.4, -0.2) is 42.3 Å². The number of Topliss-reactive ketones (excluding diaryl/α,β-unsaturated/α-hetero) is 1. The molecule has 0 bridgehead atoms. The predicted octanol–water partition coefficient (Wildman–Crippen LogP) is 0.131. The van der Waals surface area contributed by atoms with Crippen LogP contribution in [0.5, 0.6) is 0 Å². The van der Waals surface area contributed by atoms with Gasteiger partial charge in [-0.3, -0.25) is 14.4 Å². The zero-order valence-corrected chi connectivity index (χ0v) is 8.82. The first-order chi connectivity index (χ1) is 7.13. The van der Waals surface area contributed by atoms with Crippen molar-refractivity contribution in [2.75, 3.05) is 19.7 Å². The molecule has 1 rings (SSSR count). The van der Waals surface area contributed by atoms with E-state index in [-0.39, 0.29) is 30.6 Å². The summed E-state index contributed by atoms with van der Waals surface area (Å²) in [6.07, 6.45) is 0.864. The van der Waals surface area contributed by atoms with Crippen molar-refractivity contribution < 1.29 is 19.1 Å². The molecule has 1 heterocycles. The molecule has 0 aromatic rings. The van der Waals surface area contributed by atoms with Crippen LogP contribution in [0.2, 0.25) is 0 Å². The number of amides is 1. The number of hydrogen-bond acceptors (Lipinski definition) is 4. The van der Waals surface area contributed by atoms with Gasteiger partial charge in [-0.2, -0.15) is 0 Å². The Morgan fingerprint density at radius 1 is 1.47 bits per heavy atom. The molecule has 1 saturated heterocycles. The summed E-state index contributed by atoms with van der Waals surface area (Å²) >= 11 is 0. The Hall–Kier alpha value is -1.39. The zero-order valence-electron chi connectivity index (χ0n) is 8.82. The smallest absolute Gasteiger partial charge is 0.305 e. The second-order valence-corrected chi connectivity index (χ2v) is 3.44. The minimum atomic E-state index is -0.254. The summed E-state index contributed by atoms with van der Waals surface area (Å²) in [6.45, 7) is 2.78. The normalized spacial score (nSPS) is 15.9. The number of ketones is 1. The third kappa shape index (κ3) is 3.69. The van der Waals surface area contributed by atoms with Gasteiger partial charge >= 0.3 is 5.97 Å². The first kappa shape index (κ1) is 11.7. The summed E-state index contributed by atoms with van der Waals surface area (Å²) < 4.78 is 4.75. The topological polar surface area (TPSA) is 63.7 Å². The van der Waals surface area contributed by atoms with Crippen LogP contribution in [0.4, 0.5) is 0 Å². The van der Waals surface area contributed by atoms with Crippen molar-refractivity contribution in [2.24, 2.45) is 0 Å². The molecular formula is C10H15NO4.